The minimum Gasteiger partial charge on any atom is -0.490 e. The van der Waals surface area contributed by atoms with Crippen LogP contribution < -0.4 is 10.2 Å². The molecule has 1 amide bonds. The quantitative estimate of drug-likeness (QED) is 0.479. The molecule has 8 heteroatoms. The molecule has 0 unspecified atom stereocenters. The number of halogens is 1. The Labute approximate surface area is 146 Å². The molecule has 0 aliphatic heterocycles. The Morgan fingerprint density at radius 3 is 2.42 bits per heavy atom. The van der Waals surface area contributed by atoms with Crippen molar-refractivity contribution in [3.63, 3.8) is 0 Å². The van der Waals surface area contributed by atoms with E-state index in [1.54, 1.807) is 37.3 Å². The van der Waals surface area contributed by atoms with E-state index in [2.05, 4.69) is 26.5 Å². The Kier molecular flexibility index (Phi) is 5.64. The number of methoxy groups -OCH3 is 1. The molecule has 2 rings (SSSR count). The highest BCUT2D eigenvalue weighted by Gasteiger charge is 2.16. The minimum absolute atomic E-state index is 0.162. The first-order valence-corrected chi connectivity index (χ1v) is 7.64. The van der Waals surface area contributed by atoms with Crippen molar-refractivity contribution in [3.8, 4) is 5.75 Å². The third kappa shape index (κ3) is 4.17. The van der Waals surface area contributed by atoms with Gasteiger partial charge in [0, 0.05) is 21.7 Å². The summed E-state index contributed by atoms with van der Waals surface area (Å²) in [5, 5.41) is 15.0. The molecule has 2 aromatic rings. The lowest BCUT2D eigenvalue weighted by molar-refractivity contribution is -0.385. The number of rotatable bonds is 5. The molecule has 2 aromatic carbocycles. The molecule has 0 heterocycles. The number of ether oxygens (including phenoxy) is 1. The van der Waals surface area contributed by atoms with Gasteiger partial charge in [-0.15, -0.1) is 0 Å². The summed E-state index contributed by atoms with van der Waals surface area (Å²) in [6.45, 7) is 1.65. The van der Waals surface area contributed by atoms with E-state index in [0.29, 0.717) is 16.8 Å². The predicted octanol–water partition coefficient (Wildman–Crippen LogP) is 3.52. The summed E-state index contributed by atoms with van der Waals surface area (Å²) < 4.78 is 5.82. The van der Waals surface area contributed by atoms with Gasteiger partial charge >= 0.3 is 5.69 Å². The third-order valence-corrected chi connectivity index (χ3v) is 3.75. The Morgan fingerprint density at radius 2 is 1.83 bits per heavy atom. The maximum absolute atomic E-state index is 12.0. The number of nitro benzene ring substituents is 1. The molecule has 0 atom stereocenters. The largest absolute Gasteiger partial charge is 0.490 e. The van der Waals surface area contributed by atoms with Gasteiger partial charge in [-0.3, -0.25) is 14.9 Å². The van der Waals surface area contributed by atoms with Crippen molar-refractivity contribution in [2.24, 2.45) is 5.10 Å². The van der Waals surface area contributed by atoms with Crippen LogP contribution in [0.15, 0.2) is 52.0 Å². The van der Waals surface area contributed by atoms with Crippen molar-refractivity contribution >= 4 is 33.2 Å². The van der Waals surface area contributed by atoms with Crippen LogP contribution in [0.3, 0.4) is 0 Å². The van der Waals surface area contributed by atoms with Gasteiger partial charge in [-0.2, -0.15) is 5.10 Å². The molecule has 1 N–H and O–H groups in total. The number of hydrazone groups is 1. The maximum atomic E-state index is 12.0. The molecule has 0 radical (unpaired) electrons. The summed E-state index contributed by atoms with van der Waals surface area (Å²) in [6, 6.07) is 11.3. The number of amides is 1. The molecule has 7 nitrogen and oxygen atoms in total. The van der Waals surface area contributed by atoms with Gasteiger partial charge in [0.15, 0.2) is 5.75 Å². The van der Waals surface area contributed by atoms with Crippen LogP contribution in [0.25, 0.3) is 0 Å². The van der Waals surface area contributed by atoms with Gasteiger partial charge in [-0.1, -0.05) is 15.9 Å². The molecule has 0 saturated heterocycles. The zero-order valence-corrected chi connectivity index (χ0v) is 14.5. The highest BCUT2D eigenvalue weighted by atomic mass is 79.9. The average Bonchev–Trinajstić information content (AvgIpc) is 2.59. The number of hydrogen-bond donors (Lipinski definition) is 1. The second-order valence-electron chi connectivity index (χ2n) is 4.79. The Morgan fingerprint density at radius 1 is 1.21 bits per heavy atom. The fourth-order valence-electron chi connectivity index (χ4n) is 1.92. The van der Waals surface area contributed by atoms with Crippen LogP contribution in [0.1, 0.15) is 22.8 Å². The van der Waals surface area contributed by atoms with Gasteiger partial charge in [0.05, 0.1) is 17.7 Å². The molecule has 0 spiro atoms. The smallest absolute Gasteiger partial charge is 0.311 e. The van der Waals surface area contributed by atoms with Crippen LogP contribution in [-0.2, 0) is 0 Å². The van der Waals surface area contributed by atoms with Crippen LogP contribution in [0.5, 0.6) is 5.75 Å². The molecule has 0 aromatic heterocycles. The molecule has 0 bridgehead atoms. The van der Waals surface area contributed by atoms with Crippen molar-refractivity contribution < 1.29 is 14.5 Å². The Bertz CT molecular complexity index is 803. The summed E-state index contributed by atoms with van der Waals surface area (Å²) in [4.78, 5) is 22.5. The van der Waals surface area contributed by atoms with E-state index >= 15 is 0 Å². The number of carbonyl (C=O) groups excluding carboxylic acids is 1. The highest BCUT2D eigenvalue weighted by molar-refractivity contribution is 9.10. The molecule has 0 aliphatic carbocycles. The van der Waals surface area contributed by atoms with Gasteiger partial charge in [-0.25, -0.2) is 5.43 Å². The van der Waals surface area contributed by atoms with Crippen molar-refractivity contribution in [1.82, 2.24) is 5.43 Å². The van der Waals surface area contributed by atoms with Gasteiger partial charge in [0.25, 0.3) is 5.91 Å². The van der Waals surface area contributed by atoms with E-state index in [1.807, 2.05) is 0 Å². The molecular weight excluding hydrogens is 378 g/mol. The fourth-order valence-corrected chi connectivity index (χ4v) is 2.19. The second kappa shape index (κ2) is 7.69. The van der Waals surface area contributed by atoms with Crippen LogP contribution in [0, 0.1) is 10.1 Å². The van der Waals surface area contributed by atoms with Crippen LogP contribution in [0.4, 0.5) is 5.69 Å². The van der Waals surface area contributed by atoms with E-state index in [-0.39, 0.29) is 17.3 Å². The van der Waals surface area contributed by atoms with Crippen molar-refractivity contribution in [2.75, 3.05) is 7.11 Å². The fraction of sp³-hybridized carbons (Fsp3) is 0.125. The van der Waals surface area contributed by atoms with E-state index in [0.717, 1.165) is 4.47 Å². The summed E-state index contributed by atoms with van der Waals surface area (Å²) in [6.07, 6.45) is 0. The molecule has 0 fully saturated rings. The highest BCUT2D eigenvalue weighted by Crippen LogP contribution is 2.27. The summed E-state index contributed by atoms with van der Waals surface area (Å²) in [7, 11) is 1.36. The van der Waals surface area contributed by atoms with Gasteiger partial charge in [0.1, 0.15) is 0 Å². The zero-order valence-electron chi connectivity index (χ0n) is 12.9. The Balaban J connectivity index is 2.18. The third-order valence-electron chi connectivity index (χ3n) is 3.22. The summed E-state index contributed by atoms with van der Waals surface area (Å²) in [5.74, 6) is -0.208. The first-order valence-electron chi connectivity index (χ1n) is 6.85. The number of carbonyl (C=O) groups is 1. The van der Waals surface area contributed by atoms with E-state index in [9.17, 15) is 14.9 Å². The topological polar surface area (TPSA) is 93.8 Å². The van der Waals surface area contributed by atoms with Crippen molar-refractivity contribution in [1.29, 1.82) is 0 Å². The van der Waals surface area contributed by atoms with Crippen LogP contribution in [-0.4, -0.2) is 23.7 Å². The van der Waals surface area contributed by atoms with Crippen LogP contribution in [0.2, 0.25) is 0 Å². The second-order valence-corrected chi connectivity index (χ2v) is 5.70. The summed E-state index contributed by atoms with van der Waals surface area (Å²) in [5.41, 5.74) is 3.67. The number of hydrogen-bond acceptors (Lipinski definition) is 5. The van der Waals surface area contributed by atoms with E-state index in [4.69, 9.17) is 4.74 Å². The lowest BCUT2D eigenvalue weighted by atomic mass is 10.1. The molecule has 24 heavy (non-hydrogen) atoms. The lowest BCUT2D eigenvalue weighted by Crippen LogP contribution is -2.19. The first-order chi connectivity index (χ1) is 11.4. The molecule has 0 saturated carbocycles. The number of benzene rings is 2. The average molecular weight is 392 g/mol. The monoisotopic (exact) mass is 391 g/mol. The normalized spacial score (nSPS) is 11.0. The summed E-state index contributed by atoms with van der Waals surface area (Å²) >= 11 is 3.29. The molecule has 124 valence electrons. The van der Waals surface area contributed by atoms with Crippen molar-refractivity contribution in [2.45, 2.75) is 6.92 Å². The van der Waals surface area contributed by atoms with E-state index < -0.39 is 4.92 Å². The van der Waals surface area contributed by atoms with Crippen LogP contribution >= 0.6 is 15.9 Å². The van der Waals surface area contributed by atoms with Gasteiger partial charge in [0.2, 0.25) is 0 Å². The van der Waals surface area contributed by atoms with E-state index in [1.165, 1.54) is 19.2 Å². The Hall–Kier alpha value is -2.74. The minimum atomic E-state index is -0.532. The zero-order chi connectivity index (χ0) is 17.7. The number of nitrogens with one attached hydrogen (secondary N) is 1. The standard InChI is InChI=1S/C16H14BrN3O4/c1-10(12-5-8-15(24-2)14(9-12)20(22)23)18-19-16(21)11-3-6-13(17)7-4-11/h3-9H,1-2H3,(H,19,21)/b18-10-. The number of nitro groups is 1. The lowest BCUT2D eigenvalue weighted by Gasteiger charge is -2.06. The predicted molar refractivity (Wildman–Crippen MR) is 93.5 cm³/mol. The first kappa shape index (κ1) is 17.6. The SMILES string of the molecule is COc1ccc(/C(C)=N\NC(=O)c2ccc(Br)cc2)cc1[N+](=O)[O-]. The van der Waals surface area contributed by atoms with Crippen molar-refractivity contribution in [3.05, 3.63) is 68.2 Å². The van der Waals surface area contributed by atoms with Gasteiger partial charge < -0.3 is 4.74 Å². The molecular formula is C16H14BrN3O4. The maximum Gasteiger partial charge on any atom is 0.311 e. The van der Waals surface area contributed by atoms with Gasteiger partial charge in [-0.05, 0) is 43.3 Å². The molecule has 0 aliphatic rings. The number of nitrogens with zero attached hydrogens (tertiary/aromatic N) is 2.